The highest BCUT2D eigenvalue weighted by Crippen LogP contribution is 2.27. The van der Waals surface area contributed by atoms with Crippen molar-refractivity contribution in [2.45, 2.75) is 10.6 Å². The van der Waals surface area contributed by atoms with Crippen molar-refractivity contribution in [1.29, 1.82) is 0 Å². The van der Waals surface area contributed by atoms with Crippen molar-refractivity contribution in [1.82, 2.24) is 9.38 Å². The lowest BCUT2D eigenvalue weighted by molar-refractivity contribution is 0.102. The normalized spacial score (nSPS) is 10.8. The van der Waals surface area contributed by atoms with Gasteiger partial charge in [-0.15, -0.1) is 11.8 Å². The molecule has 0 saturated carbocycles. The zero-order valence-electron chi connectivity index (χ0n) is 16.4. The monoisotopic (exact) mass is 402 g/mol. The van der Waals surface area contributed by atoms with Crippen LogP contribution in [0, 0.1) is 0 Å². The van der Waals surface area contributed by atoms with Gasteiger partial charge in [0, 0.05) is 48.5 Å². The van der Waals surface area contributed by atoms with E-state index in [0.29, 0.717) is 11.3 Å². The summed E-state index contributed by atoms with van der Waals surface area (Å²) in [6.45, 7) is 0. The Labute approximate surface area is 174 Å². The molecule has 29 heavy (non-hydrogen) atoms. The third-order valence-electron chi connectivity index (χ3n) is 4.56. The summed E-state index contributed by atoms with van der Waals surface area (Å²) >= 11 is 1.62. The van der Waals surface area contributed by atoms with Gasteiger partial charge in [-0.25, -0.2) is 4.98 Å². The number of amides is 1. The van der Waals surface area contributed by atoms with Crippen molar-refractivity contribution in [3.8, 4) is 0 Å². The van der Waals surface area contributed by atoms with Gasteiger partial charge in [0.05, 0.1) is 11.3 Å². The van der Waals surface area contributed by atoms with Crippen LogP contribution < -0.4 is 10.2 Å². The molecule has 0 saturated heterocycles. The molecule has 0 radical (unpaired) electrons. The molecule has 2 heterocycles. The number of hydrogen-bond donors (Lipinski definition) is 1. The molecule has 146 valence electrons. The highest BCUT2D eigenvalue weighted by Gasteiger charge is 2.13. The molecule has 0 aliphatic carbocycles. The minimum atomic E-state index is -0.110. The number of nitrogens with zero attached hydrogens (tertiary/aromatic N) is 3. The van der Waals surface area contributed by atoms with Crippen molar-refractivity contribution in [2.24, 2.45) is 0 Å². The molecule has 0 atom stereocenters. The van der Waals surface area contributed by atoms with E-state index in [9.17, 15) is 4.79 Å². The topological polar surface area (TPSA) is 49.6 Å². The van der Waals surface area contributed by atoms with Gasteiger partial charge in [0.25, 0.3) is 5.91 Å². The third-order valence-corrected chi connectivity index (χ3v) is 5.67. The molecule has 6 heteroatoms. The van der Waals surface area contributed by atoms with Crippen molar-refractivity contribution >= 4 is 34.7 Å². The van der Waals surface area contributed by atoms with Crippen molar-refractivity contribution in [3.63, 3.8) is 0 Å². The molecular formula is C23H22N4OS. The van der Waals surface area contributed by atoms with Crippen LogP contribution in [0.5, 0.6) is 0 Å². The van der Waals surface area contributed by atoms with Crippen molar-refractivity contribution in [3.05, 3.63) is 90.4 Å². The standard InChI is InChI=1S/C23H22N4OS/c1-26(2)19-12-10-17(11-13-19)25-23(28)20-7-3-4-8-21(20)29-16-18-15-27-14-6-5-9-22(27)24-18/h3-15H,16H2,1-2H3,(H,25,28). The molecule has 2 aromatic heterocycles. The number of hydrogen-bond acceptors (Lipinski definition) is 4. The average molecular weight is 403 g/mol. The van der Waals surface area contributed by atoms with E-state index in [1.807, 2.05) is 103 Å². The molecule has 2 aromatic carbocycles. The summed E-state index contributed by atoms with van der Waals surface area (Å²) in [5.74, 6) is 0.587. The number of aromatic nitrogens is 2. The van der Waals surface area contributed by atoms with Crippen LogP contribution in [0.15, 0.2) is 84.0 Å². The molecule has 4 rings (SSSR count). The number of rotatable bonds is 6. The zero-order chi connectivity index (χ0) is 20.2. The summed E-state index contributed by atoms with van der Waals surface area (Å²) in [6.07, 6.45) is 4.01. The minimum Gasteiger partial charge on any atom is -0.378 e. The second-order valence-electron chi connectivity index (χ2n) is 6.88. The number of fused-ring (bicyclic) bond motifs is 1. The number of imidazole rings is 1. The third kappa shape index (κ3) is 4.43. The van der Waals surface area contributed by atoms with Crippen LogP contribution in [0.3, 0.4) is 0 Å². The van der Waals surface area contributed by atoms with Gasteiger partial charge >= 0.3 is 0 Å². The highest BCUT2D eigenvalue weighted by molar-refractivity contribution is 7.98. The molecular weight excluding hydrogens is 380 g/mol. The van der Waals surface area contributed by atoms with E-state index in [2.05, 4.69) is 10.3 Å². The Morgan fingerprint density at radius 2 is 1.79 bits per heavy atom. The Balaban J connectivity index is 1.47. The van der Waals surface area contributed by atoms with Gasteiger partial charge in [0.2, 0.25) is 0 Å². The lowest BCUT2D eigenvalue weighted by Crippen LogP contribution is -2.13. The predicted molar refractivity (Wildman–Crippen MR) is 120 cm³/mol. The summed E-state index contributed by atoms with van der Waals surface area (Å²) in [7, 11) is 3.98. The molecule has 0 bridgehead atoms. The van der Waals surface area contributed by atoms with Crippen LogP contribution in [-0.2, 0) is 5.75 Å². The van der Waals surface area contributed by atoms with Gasteiger partial charge in [-0.1, -0.05) is 18.2 Å². The van der Waals surface area contributed by atoms with Crippen LogP contribution >= 0.6 is 11.8 Å². The second-order valence-corrected chi connectivity index (χ2v) is 7.90. The van der Waals surface area contributed by atoms with E-state index < -0.39 is 0 Å². The number of anilines is 2. The Kier molecular flexibility index (Phi) is 5.53. The largest absolute Gasteiger partial charge is 0.378 e. The molecule has 0 unspecified atom stereocenters. The van der Waals surface area contributed by atoms with Gasteiger partial charge in [-0.3, -0.25) is 4.79 Å². The maximum atomic E-state index is 12.9. The fourth-order valence-electron chi connectivity index (χ4n) is 3.03. The average Bonchev–Trinajstić information content (AvgIpc) is 3.16. The molecule has 4 aromatic rings. The van der Waals surface area contributed by atoms with E-state index in [1.54, 1.807) is 11.8 Å². The molecule has 1 N–H and O–H groups in total. The Hall–Kier alpha value is -3.25. The van der Waals surface area contributed by atoms with Crippen LogP contribution in [-0.4, -0.2) is 29.4 Å². The number of carbonyl (C=O) groups is 1. The summed E-state index contributed by atoms with van der Waals surface area (Å²) in [5, 5.41) is 2.99. The predicted octanol–water partition coefficient (Wildman–Crippen LogP) is 4.94. The van der Waals surface area contributed by atoms with E-state index in [0.717, 1.165) is 27.6 Å². The molecule has 0 spiro atoms. The molecule has 0 aliphatic rings. The van der Waals surface area contributed by atoms with Crippen molar-refractivity contribution < 1.29 is 4.79 Å². The summed E-state index contributed by atoms with van der Waals surface area (Å²) in [4.78, 5) is 20.4. The summed E-state index contributed by atoms with van der Waals surface area (Å²) < 4.78 is 2.01. The van der Waals surface area contributed by atoms with E-state index in [-0.39, 0.29) is 5.91 Å². The lowest BCUT2D eigenvalue weighted by atomic mass is 10.2. The van der Waals surface area contributed by atoms with E-state index in [1.165, 1.54) is 0 Å². The quantitative estimate of drug-likeness (QED) is 0.464. The first-order valence-corrected chi connectivity index (χ1v) is 10.3. The van der Waals surface area contributed by atoms with Gasteiger partial charge in [0.15, 0.2) is 0 Å². The first kappa shape index (κ1) is 19.1. The van der Waals surface area contributed by atoms with E-state index in [4.69, 9.17) is 0 Å². The maximum absolute atomic E-state index is 12.9. The number of pyridine rings is 1. The fraction of sp³-hybridized carbons (Fsp3) is 0.130. The van der Waals surface area contributed by atoms with Crippen LogP contribution in [0.4, 0.5) is 11.4 Å². The highest BCUT2D eigenvalue weighted by atomic mass is 32.2. The van der Waals surface area contributed by atoms with Crippen LogP contribution in [0.25, 0.3) is 5.65 Å². The molecule has 0 fully saturated rings. The van der Waals surface area contributed by atoms with Crippen LogP contribution in [0.2, 0.25) is 0 Å². The van der Waals surface area contributed by atoms with Gasteiger partial charge in [-0.2, -0.15) is 0 Å². The minimum absolute atomic E-state index is 0.110. The van der Waals surface area contributed by atoms with Gasteiger partial charge < -0.3 is 14.6 Å². The fourth-order valence-corrected chi connectivity index (χ4v) is 3.96. The Bertz CT molecular complexity index is 1100. The summed E-state index contributed by atoms with van der Waals surface area (Å²) in [5.41, 5.74) is 4.44. The van der Waals surface area contributed by atoms with E-state index >= 15 is 0 Å². The molecule has 5 nitrogen and oxygen atoms in total. The van der Waals surface area contributed by atoms with Crippen molar-refractivity contribution in [2.75, 3.05) is 24.3 Å². The van der Waals surface area contributed by atoms with Crippen LogP contribution in [0.1, 0.15) is 16.1 Å². The summed E-state index contributed by atoms with van der Waals surface area (Å²) in [6, 6.07) is 21.4. The maximum Gasteiger partial charge on any atom is 0.256 e. The first-order valence-electron chi connectivity index (χ1n) is 9.33. The smallest absolute Gasteiger partial charge is 0.256 e. The molecule has 1 amide bonds. The first-order chi connectivity index (χ1) is 14.1. The lowest BCUT2D eigenvalue weighted by Gasteiger charge is -2.13. The molecule has 0 aliphatic heterocycles. The Morgan fingerprint density at radius 3 is 2.55 bits per heavy atom. The van der Waals surface area contributed by atoms with Gasteiger partial charge in [0.1, 0.15) is 5.65 Å². The number of nitrogens with one attached hydrogen (secondary N) is 1. The number of thioether (sulfide) groups is 1. The number of benzene rings is 2. The SMILES string of the molecule is CN(C)c1ccc(NC(=O)c2ccccc2SCc2cn3ccccc3n2)cc1. The Morgan fingerprint density at radius 1 is 1.03 bits per heavy atom. The van der Waals surface area contributed by atoms with Gasteiger partial charge in [-0.05, 0) is 48.5 Å². The zero-order valence-corrected chi connectivity index (χ0v) is 17.2. The second kappa shape index (κ2) is 8.41. The number of carbonyl (C=O) groups excluding carboxylic acids is 1.